The van der Waals surface area contributed by atoms with Crippen molar-refractivity contribution < 1.29 is 0 Å². The summed E-state index contributed by atoms with van der Waals surface area (Å²) in [6, 6.07) is 12.4. The highest BCUT2D eigenvalue weighted by Crippen LogP contribution is 2.23. The van der Waals surface area contributed by atoms with Crippen LogP contribution in [0, 0.1) is 6.92 Å². The van der Waals surface area contributed by atoms with Gasteiger partial charge in [-0.2, -0.15) is 9.61 Å². The molecule has 0 spiro atoms. The molecule has 5 nitrogen and oxygen atoms in total. The van der Waals surface area contributed by atoms with Crippen LogP contribution in [0.15, 0.2) is 36.4 Å². The molecule has 2 aromatic heterocycles. The zero-order valence-corrected chi connectivity index (χ0v) is 12.7. The third-order valence-electron chi connectivity index (χ3n) is 4.30. The van der Waals surface area contributed by atoms with E-state index in [0.717, 1.165) is 42.2 Å². The first-order chi connectivity index (χ1) is 10.8. The van der Waals surface area contributed by atoms with Gasteiger partial charge in [-0.15, -0.1) is 10.2 Å². The lowest BCUT2D eigenvalue weighted by molar-refractivity contribution is 0.440. The van der Waals surface area contributed by atoms with Gasteiger partial charge in [0.15, 0.2) is 11.5 Å². The van der Waals surface area contributed by atoms with Crippen LogP contribution in [0.3, 0.4) is 0 Å². The van der Waals surface area contributed by atoms with Crippen molar-refractivity contribution in [3.63, 3.8) is 0 Å². The Morgan fingerprint density at radius 2 is 1.95 bits per heavy atom. The third kappa shape index (κ3) is 2.37. The average molecular weight is 293 g/mol. The van der Waals surface area contributed by atoms with Crippen LogP contribution in [-0.4, -0.2) is 32.9 Å². The molecule has 1 aliphatic heterocycles. The summed E-state index contributed by atoms with van der Waals surface area (Å²) in [7, 11) is 0. The first kappa shape index (κ1) is 13.4. The minimum atomic E-state index is 0.393. The number of piperidine rings is 1. The van der Waals surface area contributed by atoms with Gasteiger partial charge in [-0.1, -0.05) is 29.8 Å². The molecule has 1 fully saturated rings. The van der Waals surface area contributed by atoms with Crippen molar-refractivity contribution in [1.82, 2.24) is 25.1 Å². The fraction of sp³-hybridized carbons (Fsp3) is 0.353. The number of aromatic nitrogens is 4. The smallest absolute Gasteiger partial charge is 0.177 e. The van der Waals surface area contributed by atoms with Crippen molar-refractivity contribution in [3.8, 4) is 11.3 Å². The van der Waals surface area contributed by atoms with E-state index in [0.29, 0.717) is 5.92 Å². The molecule has 3 aromatic rings. The Morgan fingerprint density at radius 3 is 2.73 bits per heavy atom. The maximum atomic E-state index is 4.77. The largest absolute Gasteiger partial charge is 0.316 e. The van der Waals surface area contributed by atoms with E-state index in [2.05, 4.69) is 46.7 Å². The molecule has 0 bridgehead atoms. The fourth-order valence-electron chi connectivity index (χ4n) is 3.01. The number of aryl methyl sites for hydroxylation is 1. The Bertz CT molecular complexity index is 784. The maximum Gasteiger partial charge on any atom is 0.177 e. The molecule has 0 aliphatic carbocycles. The molecule has 3 heterocycles. The number of nitrogens with zero attached hydrogens (tertiary/aromatic N) is 4. The summed E-state index contributed by atoms with van der Waals surface area (Å²) in [5.41, 5.74) is 4.14. The van der Waals surface area contributed by atoms with Crippen LogP contribution < -0.4 is 5.32 Å². The number of fused-ring (bicyclic) bond motifs is 1. The van der Waals surface area contributed by atoms with Gasteiger partial charge in [0.25, 0.3) is 0 Å². The van der Waals surface area contributed by atoms with Crippen LogP contribution in [0.5, 0.6) is 0 Å². The summed E-state index contributed by atoms with van der Waals surface area (Å²) in [4.78, 5) is 0. The second-order valence-corrected chi connectivity index (χ2v) is 5.96. The lowest BCUT2D eigenvalue weighted by Crippen LogP contribution is -2.29. The van der Waals surface area contributed by atoms with Crippen molar-refractivity contribution >= 4 is 5.65 Å². The van der Waals surface area contributed by atoms with Crippen LogP contribution in [0.25, 0.3) is 16.9 Å². The lowest BCUT2D eigenvalue weighted by atomic mass is 9.99. The van der Waals surface area contributed by atoms with Crippen molar-refractivity contribution in [3.05, 3.63) is 47.8 Å². The molecule has 1 aromatic carbocycles. The van der Waals surface area contributed by atoms with Crippen LogP contribution >= 0.6 is 0 Å². The van der Waals surface area contributed by atoms with E-state index in [-0.39, 0.29) is 0 Å². The average Bonchev–Trinajstić information content (AvgIpc) is 2.99. The van der Waals surface area contributed by atoms with Crippen molar-refractivity contribution in [2.24, 2.45) is 0 Å². The standard InChI is InChI=1S/C17H19N5/c1-12-4-6-13(7-5-12)15-8-9-16-19-20-17(22(16)21-15)14-3-2-10-18-11-14/h4-9,14,18H,2-3,10-11H2,1H3/t14-/m1/s1. The molecule has 0 unspecified atom stereocenters. The van der Waals surface area contributed by atoms with Gasteiger partial charge in [0.2, 0.25) is 0 Å². The summed E-state index contributed by atoms with van der Waals surface area (Å²) in [5, 5.41) is 16.8. The Morgan fingerprint density at radius 1 is 1.09 bits per heavy atom. The molecule has 0 saturated carbocycles. The molecule has 112 valence electrons. The van der Waals surface area contributed by atoms with E-state index in [9.17, 15) is 0 Å². The summed E-state index contributed by atoms with van der Waals surface area (Å²) in [6.45, 7) is 4.14. The summed E-state index contributed by atoms with van der Waals surface area (Å²) < 4.78 is 1.91. The van der Waals surface area contributed by atoms with Crippen molar-refractivity contribution in [2.45, 2.75) is 25.7 Å². The van der Waals surface area contributed by atoms with Gasteiger partial charge in [-0.3, -0.25) is 0 Å². The summed E-state index contributed by atoms with van der Waals surface area (Å²) in [5.74, 6) is 1.36. The molecular weight excluding hydrogens is 274 g/mol. The highest BCUT2D eigenvalue weighted by atomic mass is 15.4. The van der Waals surface area contributed by atoms with Crippen LogP contribution in [0.4, 0.5) is 0 Å². The molecule has 1 atom stereocenters. The lowest BCUT2D eigenvalue weighted by Gasteiger charge is -2.20. The normalized spacial score (nSPS) is 18.7. The highest BCUT2D eigenvalue weighted by molar-refractivity contribution is 5.60. The SMILES string of the molecule is Cc1ccc(-c2ccc3nnc([C@@H]4CCCNC4)n3n2)cc1. The van der Waals surface area contributed by atoms with Crippen LogP contribution in [-0.2, 0) is 0 Å². The van der Waals surface area contributed by atoms with Gasteiger partial charge in [-0.05, 0) is 38.4 Å². The molecule has 1 aliphatic rings. The van der Waals surface area contributed by atoms with E-state index in [4.69, 9.17) is 5.10 Å². The van der Waals surface area contributed by atoms with Crippen LogP contribution in [0.2, 0.25) is 0 Å². The molecule has 1 N–H and O–H groups in total. The molecule has 0 amide bonds. The Hall–Kier alpha value is -2.27. The predicted octanol–water partition coefficient (Wildman–Crippen LogP) is 2.57. The monoisotopic (exact) mass is 293 g/mol. The van der Waals surface area contributed by atoms with Gasteiger partial charge in [0.1, 0.15) is 0 Å². The van der Waals surface area contributed by atoms with E-state index in [1.807, 2.05) is 16.6 Å². The Balaban J connectivity index is 1.77. The molecule has 4 rings (SSSR count). The van der Waals surface area contributed by atoms with Crippen molar-refractivity contribution in [1.29, 1.82) is 0 Å². The maximum absolute atomic E-state index is 4.77. The minimum absolute atomic E-state index is 0.393. The Kier molecular flexibility index (Phi) is 3.35. The zero-order valence-electron chi connectivity index (χ0n) is 12.7. The van der Waals surface area contributed by atoms with E-state index in [1.165, 1.54) is 12.0 Å². The third-order valence-corrected chi connectivity index (χ3v) is 4.30. The topological polar surface area (TPSA) is 55.1 Å². The minimum Gasteiger partial charge on any atom is -0.316 e. The Labute approximate surface area is 129 Å². The predicted molar refractivity (Wildman–Crippen MR) is 85.8 cm³/mol. The number of nitrogens with one attached hydrogen (secondary N) is 1. The van der Waals surface area contributed by atoms with Crippen molar-refractivity contribution in [2.75, 3.05) is 13.1 Å². The summed E-state index contributed by atoms with van der Waals surface area (Å²) >= 11 is 0. The summed E-state index contributed by atoms with van der Waals surface area (Å²) in [6.07, 6.45) is 2.32. The second kappa shape index (κ2) is 5.50. The van der Waals surface area contributed by atoms with Gasteiger partial charge in [-0.25, -0.2) is 0 Å². The van der Waals surface area contributed by atoms with Gasteiger partial charge < -0.3 is 5.32 Å². The zero-order chi connectivity index (χ0) is 14.9. The van der Waals surface area contributed by atoms with Gasteiger partial charge in [0.05, 0.1) is 5.69 Å². The van der Waals surface area contributed by atoms with E-state index < -0.39 is 0 Å². The molecule has 1 saturated heterocycles. The fourth-order valence-corrected chi connectivity index (χ4v) is 3.01. The second-order valence-electron chi connectivity index (χ2n) is 5.96. The van der Waals surface area contributed by atoms with Gasteiger partial charge in [0, 0.05) is 18.0 Å². The number of hydrogen-bond acceptors (Lipinski definition) is 4. The quantitative estimate of drug-likeness (QED) is 0.789. The van der Waals surface area contributed by atoms with Crippen LogP contribution in [0.1, 0.15) is 30.1 Å². The number of hydrogen-bond donors (Lipinski definition) is 1. The number of rotatable bonds is 2. The first-order valence-electron chi connectivity index (χ1n) is 7.81. The molecular formula is C17H19N5. The first-order valence-corrected chi connectivity index (χ1v) is 7.81. The van der Waals surface area contributed by atoms with Gasteiger partial charge >= 0.3 is 0 Å². The van der Waals surface area contributed by atoms with E-state index >= 15 is 0 Å². The highest BCUT2D eigenvalue weighted by Gasteiger charge is 2.21. The van der Waals surface area contributed by atoms with E-state index in [1.54, 1.807) is 0 Å². The molecule has 22 heavy (non-hydrogen) atoms. The number of benzene rings is 1. The molecule has 5 heteroatoms. The molecule has 0 radical (unpaired) electrons.